The molecule has 0 bridgehead atoms. The number of aromatic nitrogens is 3. The molecule has 0 saturated heterocycles. The average molecular weight is 974 g/mol. The number of hydrogen-bond donors (Lipinski definition) is 0. The van der Waals surface area contributed by atoms with E-state index in [1.807, 2.05) is 0 Å². The van der Waals surface area contributed by atoms with Gasteiger partial charge in [0.25, 0.3) is 0 Å². The van der Waals surface area contributed by atoms with Crippen molar-refractivity contribution in [2.45, 2.75) is 105 Å². The SMILES string of the molecule is CC(C)(C)c1ccc2c(c1)c1cc(C(C)(C)C)ccc1n2-c1ccc2c3ccc(-n4c5ccc(C(C)(C)C)cc5c5cc(C(C)(C)C)ccc54)cc3n(-c3ccc4cc5cc(-c6ccccc6)ccc5cc4c3)c2c1. The normalized spacial score (nSPS) is 13.1. The molecule has 0 radical (unpaired) electrons. The number of nitrogens with zero attached hydrogens (tertiary/aromatic N) is 3. The molecule has 0 spiro atoms. The van der Waals surface area contributed by atoms with Crippen LogP contribution in [0.15, 0.2) is 188 Å². The van der Waals surface area contributed by atoms with Crippen LogP contribution < -0.4 is 0 Å². The molecule has 13 aromatic rings. The largest absolute Gasteiger partial charge is 0.309 e. The Kier molecular flexibility index (Phi) is 10.2. The maximum absolute atomic E-state index is 2.53. The van der Waals surface area contributed by atoms with E-state index in [1.165, 1.54) is 120 Å². The summed E-state index contributed by atoms with van der Waals surface area (Å²) in [7, 11) is 0. The highest BCUT2D eigenvalue weighted by molar-refractivity contribution is 6.14. The Labute approximate surface area is 441 Å². The molecule has 10 aromatic carbocycles. The Morgan fingerprint density at radius 2 is 0.573 bits per heavy atom. The number of fused-ring (bicyclic) bond motifs is 11. The molecule has 0 aliphatic heterocycles. The van der Waals surface area contributed by atoms with Gasteiger partial charge < -0.3 is 13.7 Å². The quantitative estimate of drug-likeness (QED) is 0.156. The first kappa shape index (κ1) is 46.9. The first-order valence-electron chi connectivity index (χ1n) is 27.0. The van der Waals surface area contributed by atoms with E-state index >= 15 is 0 Å². The molecule has 13 rings (SSSR count). The van der Waals surface area contributed by atoms with E-state index in [0.29, 0.717) is 0 Å². The lowest BCUT2D eigenvalue weighted by Gasteiger charge is -2.19. The van der Waals surface area contributed by atoms with Crippen molar-refractivity contribution in [1.82, 2.24) is 13.7 Å². The van der Waals surface area contributed by atoms with Gasteiger partial charge in [0.15, 0.2) is 0 Å². The van der Waals surface area contributed by atoms with E-state index in [2.05, 4.69) is 285 Å². The molecule has 3 aromatic heterocycles. The minimum atomic E-state index is 0.0180. The van der Waals surface area contributed by atoms with E-state index in [9.17, 15) is 0 Å². The molecule has 0 fully saturated rings. The van der Waals surface area contributed by atoms with Crippen molar-refractivity contribution in [3.05, 3.63) is 210 Å². The minimum Gasteiger partial charge on any atom is -0.309 e. The van der Waals surface area contributed by atoms with Gasteiger partial charge in [-0.05, 0) is 180 Å². The van der Waals surface area contributed by atoms with Gasteiger partial charge in [0.1, 0.15) is 0 Å². The maximum Gasteiger partial charge on any atom is 0.0561 e. The third-order valence-corrected chi connectivity index (χ3v) is 16.4. The predicted molar refractivity (Wildman–Crippen MR) is 325 cm³/mol. The zero-order valence-electron chi connectivity index (χ0n) is 45.7. The Morgan fingerprint density at radius 3 is 0.973 bits per heavy atom. The summed E-state index contributed by atoms with van der Waals surface area (Å²) in [6, 6.07) is 72.2. The lowest BCUT2D eigenvalue weighted by molar-refractivity contribution is 0.590. The van der Waals surface area contributed by atoms with Gasteiger partial charge in [-0.3, -0.25) is 0 Å². The van der Waals surface area contributed by atoms with Crippen molar-refractivity contribution >= 4 is 87.0 Å². The second kappa shape index (κ2) is 16.3. The van der Waals surface area contributed by atoms with E-state index in [1.54, 1.807) is 0 Å². The van der Waals surface area contributed by atoms with Gasteiger partial charge in [0, 0.05) is 49.4 Å². The molecule has 0 atom stereocenters. The molecule has 0 aliphatic carbocycles. The molecular weight excluding hydrogens is 907 g/mol. The fourth-order valence-electron chi connectivity index (χ4n) is 12.0. The van der Waals surface area contributed by atoms with Crippen LogP contribution in [-0.4, -0.2) is 13.7 Å². The van der Waals surface area contributed by atoms with Gasteiger partial charge in [-0.25, -0.2) is 0 Å². The van der Waals surface area contributed by atoms with Crippen LogP contribution in [0.2, 0.25) is 0 Å². The van der Waals surface area contributed by atoms with Gasteiger partial charge in [0.05, 0.1) is 33.1 Å². The molecule has 3 nitrogen and oxygen atoms in total. The number of hydrogen-bond acceptors (Lipinski definition) is 0. The predicted octanol–water partition coefficient (Wildman–Crippen LogP) is 20.1. The third kappa shape index (κ3) is 7.68. The van der Waals surface area contributed by atoms with E-state index in [-0.39, 0.29) is 21.7 Å². The lowest BCUT2D eigenvalue weighted by atomic mass is 9.85. The smallest absolute Gasteiger partial charge is 0.0561 e. The molecule has 0 aliphatic rings. The second-order valence-corrected chi connectivity index (χ2v) is 25.6. The summed E-state index contributed by atoms with van der Waals surface area (Å²) in [6.07, 6.45) is 0. The Balaban J connectivity index is 1.08. The topological polar surface area (TPSA) is 14.8 Å². The van der Waals surface area contributed by atoms with Crippen molar-refractivity contribution in [2.75, 3.05) is 0 Å². The summed E-state index contributed by atoms with van der Waals surface area (Å²) in [5, 5.41) is 12.5. The summed E-state index contributed by atoms with van der Waals surface area (Å²) in [6.45, 7) is 27.8. The van der Waals surface area contributed by atoms with Crippen LogP contribution >= 0.6 is 0 Å². The van der Waals surface area contributed by atoms with Gasteiger partial charge in [-0.1, -0.05) is 168 Å². The van der Waals surface area contributed by atoms with Crippen LogP contribution in [0, 0.1) is 0 Å². The Morgan fingerprint density at radius 1 is 0.227 bits per heavy atom. The van der Waals surface area contributed by atoms with Crippen molar-refractivity contribution in [1.29, 1.82) is 0 Å². The van der Waals surface area contributed by atoms with Crippen LogP contribution in [0.5, 0.6) is 0 Å². The van der Waals surface area contributed by atoms with Crippen molar-refractivity contribution in [3.63, 3.8) is 0 Å². The molecule has 75 heavy (non-hydrogen) atoms. The van der Waals surface area contributed by atoms with Crippen molar-refractivity contribution < 1.29 is 0 Å². The van der Waals surface area contributed by atoms with Crippen molar-refractivity contribution in [3.8, 4) is 28.2 Å². The molecule has 0 N–H and O–H groups in total. The number of benzene rings is 10. The molecule has 0 saturated carbocycles. The van der Waals surface area contributed by atoms with Crippen LogP contribution in [0.3, 0.4) is 0 Å². The number of rotatable bonds is 4. The molecule has 0 amide bonds. The fourth-order valence-corrected chi connectivity index (χ4v) is 12.0. The van der Waals surface area contributed by atoms with Crippen molar-refractivity contribution in [2.24, 2.45) is 0 Å². The second-order valence-electron chi connectivity index (χ2n) is 25.6. The van der Waals surface area contributed by atoms with E-state index in [0.717, 1.165) is 17.1 Å². The molecule has 3 heteroatoms. The molecule has 3 heterocycles. The lowest BCUT2D eigenvalue weighted by Crippen LogP contribution is -2.10. The summed E-state index contributed by atoms with van der Waals surface area (Å²) in [5.41, 5.74) is 18.6. The van der Waals surface area contributed by atoms with Gasteiger partial charge in [0.2, 0.25) is 0 Å². The van der Waals surface area contributed by atoms with Crippen LogP contribution in [0.25, 0.3) is 115 Å². The molecule has 370 valence electrons. The third-order valence-electron chi connectivity index (χ3n) is 16.4. The average Bonchev–Trinajstić information content (AvgIpc) is 4.01. The molecular formula is C72H67N3. The standard InChI is InChI=1S/C72H67N3/c1-69(2,3)50-21-30-63-59(38-50)60-39-51(70(4,5)6)22-31-64(60)73(63)55-26-28-57-58-29-27-56(74-65-32-23-52(71(7,8)9)40-61(65)62-41-53(72(10,11)12)24-33-66(62)74)43-68(58)75(67(57)42-55)54-25-20-47-35-48-34-45(44-16-14-13-15-17-44)18-19-46(48)36-49(47)37-54/h13-43H,1-12H3. The summed E-state index contributed by atoms with van der Waals surface area (Å²) < 4.78 is 7.54. The zero-order chi connectivity index (χ0) is 52.1. The monoisotopic (exact) mass is 974 g/mol. The Bertz CT molecular complexity index is 4130. The first-order chi connectivity index (χ1) is 35.7. The van der Waals surface area contributed by atoms with Gasteiger partial charge in [-0.2, -0.15) is 0 Å². The van der Waals surface area contributed by atoms with Gasteiger partial charge >= 0.3 is 0 Å². The zero-order valence-corrected chi connectivity index (χ0v) is 45.7. The Hall–Kier alpha value is -7.88. The summed E-state index contributed by atoms with van der Waals surface area (Å²) in [4.78, 5) is 0. The maximum atomic E-state index is 2.53. The van der Waals surface area contributed by atoms with Gasteiger partial charge in [-0.15, -0.1) is 0 Å². The fraction of sp³-hybridized carbons (Fsp3) is 0.222. The van der Waals surface area contributed by atoms with E-state index in [4.69, 9.17) is 0 Å². The summed E-state index contributed by atoms with van der Waals surface area (Å²) >= 11 is 0. The highest BCUT2D eigenvalue weighted by Gasteiger charge is 2.25. The first-order valence-corrected chi connectivity index (χ1v) is 27.0. The van der Waals surface area contributed by atoms with Crippen LogP contribution in [-0.2, 0) is 21.7 Å². The minimum absolute atomic E-state index is 0.0180. The highest BCUT2D eigenvalue weighted by Crippen LogP contribution is 2.43. The van der Waals surface area contributed by atoms with Crippen LogP contribution in [0.4, 0.5) is 0 Å². The molecule has 0 unspecified atom stereocenters. The van der Waals surface area contributed by atoms with E-state index < -0.39 is 0 Å². The summed E-state index contributed by atoms with van der Waals surface area (Å²) in [5.74, 6) is 0. The van der Waals surface area contributed by atoms with Crippen LogP contribution in [0.1, 0.15) is 105 Å². The highest BCUT2D eigenvalue weighted by atomic mass is 15.0.